The van der Waals surface area contributed by atoms with Gasteiger partial charge in [0.1, 0.15) is 0 Å². The highest BCUT2D eigenvalue weighted by Gasteiger charge is 2.16. The normalized spacial score (nSPS) is 15.0. The van der Waals surface area contributed by atoms with Crippen LogP contribution >= 0.6 is 0 Å². The highest BCUT2D eigenvalue weighted by atomic mass is 32.2. The molecule has 0 atom stereocenters. The van der Waals surface area contributed by atoms with E-state index in [9.17, 15) is 13.2 Å². The summed E-state index contributed by atoms with van der Waals surface area (Å²) in [5.41, 5.74) is 2.75. The second-order valence-electron chi connectivity index (χ2n) is 7.78. The van der Waals surface area contributed by atoms with E-state index in [1.54, 1.807) is 13.8 Å². The number of carbonyl (C=O) groups excluding carboxylic acids is 1. The van der Waals surface area contributed by atoms with Crippen molar-refractivity contribution in [2.45, 2.75) is 50.7 Å². The second-order valence-corrected chi connectivity index (χ2v) is 9.50. The maximum absolute atomic E-state index is 12.4. The van der Waals surface area contributed by atoms with Crippen LogP contribution in [0.4, 0.5) is 0 Å². The van der Waals surface area contributed by atoms with Gasteiger partial charge in [-0.3, -0.25) is 9.69 Å². The number of sulfonamides is 1. The van der Waals surface area contributed by atoms with Crippen LogP contribution in [0.5, 0.6) is 0 Å². The smallest absolute Gasteiger partial charge is 0.251 e. The third-order valence-electron chi connectivity index (χ3n) is 4.90. The highest BCUT2D eigenvalue weighted by Crippen LogP contribution is 2.14. The third-order valence-corrected chi connectivity index (χ3v) is 6.57. The minimum absolute atomic E-state index is 0.149. The average Bonchev–Trinajstić information content (AvgIpc) is 3.19. The van der Waals surface area contributed by atoms with Gasteiger partial charge in [0.05, 0.1) is 4.90 Å². The van der Waals surface area contributed by atoms with Gasteiger partial charge >= 0.3 is 0 Å². The van der Waals surface area contributed by atoms with Crippen molar-refractivity contribution in [3.05, 3.63) is 65.2 Å². The van der Waals surface area contributed by atoms with E-state index in [1.165, 1.54) is 55.8 Å². The molecule has 2 N–H and O–H groups in total. The fourth-order valence-electron chi connectivity index (χ4n) is 3.41. The van der Waals surface area contributed by atoms with Crippen molar-refractivity contribution in [2.75, 3.05) is 13.1 Å². The minimum atomic E-state index is -3.56. The summed E-state index contributed by atoms with van der Waals surface area (Å²) in [5, 5.41) is 2.88. The zero-order chi connectivity index (χ0) is 20.9. The Morgan fingerprint density at radius 3 is 2.14 bits per heavy atom. The van der Waals surface area contributed by atoms with Crippen LogP contribution in [0.2, 0.25) is 0 Å². The first-order valence-corrected chi connectivity index (χ1v) is 11.5. The molecule has 2 aromatic carbocycles. The predicted molar refractivity (Wildman–Crippen MR) is 114 cm³/mol. The Labute approximate surface area is 173 Å². The molecule has 7 heteroatoms. The number of amides is 1. The molecule has 0 saturated carbocycles. The van der Waals surface area contributed by atoms with Crippen LogP contribution < -0.4 is 10.0 Å². The number of nitrogens with one attached hydrogen (secondary N) is 2. The van der Waals surface area contributed by atoms with Gasteiger partial charge in [0.2, 0.25) is 10.0 Å². The zero-order valence-corrected chi connectivity index (χ0v) is 17.8. The Balaban J connectivity index is 1.53. The molecule has 1 aliphatic rings. The van der Waals surface area contributed by atoms with E-state index in [0.717, 1.165) is 12.1 Å². The topological polar surface area (TPSA) is 78.5 Å². The van der Waals surface area contributed by atoms with E-state index < -0.39 is 10.0 Å². The first-order valence-electron chi connectivity index (χ1n) is 10.0. The Morgan fingerprint density at radius 1 is 0.966 bits per heavy atom. The molecule has 0 spiro atoms. The van der Waals surface area contributed by atoms with Gasteiger partial charge in [-0.05, 0) is 75.2 Å². The summed E-state index contributed by atoms with van der Waals surface area (Å²) in [7, 11) is -3.56. The van der Waals surface area contributed by atoms with Crippen molar-refractivity contribution in [1.82, 2.24) is 14.9 Å². The van der Waals surface area contributed by atoms with Crippen molar-refractivity contribution >= 4 is 15.9 Å². The molecular weight excluding hydrogens is 386 g/mol. The lowest BCUT2D eigenvalue weighted by molar-refractivity contribution is 0.0951. The van der Waals surface area contributed by atoms with E-state index in [4.69, 9.17) is 0 Å². The fraction of sp³-hybridized carbons (Fsp3) is 0.409. The minimum Gasteiger partial charge on any atom is -0.348 e. The Bertz CT molecular complexity index is 917. The van der Waals surface area contributed by atoms with Crippen LogP contribution in [0.1, 0.15) is 48.2 Å². The van der Waals surface area contributed by atoms with E-state index >= 15 is 0 Å². The maximum atomic E-state index is 12.4. The summed E-state index contributed by atoms with van der Waals surface area (Å²) in [4.78, 5) is 15.0. The average molecular weight is 416 g/mol. The number of likely N-dealkylation sites (tertiary alicyclic amines) is 1. The van der Waals surface area contributed by atoms with Gasteiger partial charge in [-0.25, -0.2) is 13.1 Å². The number of rotatable bonds is 8. The molecule has 1 amide bonds. The van der Waals surface area contributed by atoms with Gasteiger partial charge in [0, 0.05) is 24.7 Å². The molecule has 1 fully saturated rings. The van der Waals surface area contributed by atoms with E-state index in [-0.39, 0.29) is 16.8 Å². The van der Waals surface area contributed by atoms with Gasteiger partial charge in [0.25, 0.3) is 5.91 Å². The van der Waals surface area contributed by atoms with Crippen LogP contribution in [0, 0.1) is 0 Å². The summed E-state index contributed by atoms with van der Waals surface area (Å²) >= 11 is 0. The third kappa shape index (κ3) is 6.13. The van der Waals surface area contributed by atoms with Crippen LogP contribution in [0.3, 0.4) is 0 Å². The molecule has 2 aromatic rings. The van der Waals surface area contributed by atoms with Gasteiger partial charge in [-0.2, -0.15) is 0 Å². The molecule has 29 heavy (non-hydrogen) atoms. The number of carbonyl (C=O) groups is 1. The van der Waals surface area contributed by atoms with E-state index in [0.29, 0.717) is 12.1 Å². The van der Waals surface area contributed by atoms with Gasteiger partial charge in [-0.15, -0.1) is 0 Å². The summed E-state index contributed by atoms with van der Waals surface area (Å²) in [6.07, 6.45) is 2.57. The number of hydrogen-bond donors (Lipinski definition) is 2. The number of hydrogen-bond acceptors (Lipinski definition) is 4. The van der Waals surface area contributed by atoms with Crippen LogP contribution in [0.25, 0.3) is 0 Å². The van der Waals surface area contributed by atoms with Crippen LogP contribution in [0.15, 0.2) is 53.4 Å². The van der Waals surface area contributed by atoms with Crippen molar-refractivity contribution in [1.29, 1.82) is 0 Å². The monoisotopic (exact) mass is 415 g/mol. The van der Waals surface area contributed by atoms with E-state index in [1.807, 2.05) is 12.1 Å². The summed E-state index contributed by atoms with van der Waals surface area (Å²) in [5.74, 6) is -0.230. The molecule has 156 valence electrons. The SMILES string of the molecule is CC(C)NS(=O)(=O)c1ccc(C(=O)NCc2ccc(CN3CCCC3)cc2)cc1. The molecule has 0 aliphatic carbocycles. The molecule has 0 radical (unpaired) electrons. The summed E-state index contributed by atoms with van der Waals surface area (Å²) in [6, 6.07) is 14.1. The standard InChI is InChI=1S/C22H29N3O3S/c1-17(2)24-29(27,28)21-11-9-20(10-12-21)22(26)23-15-18-5-7-19(8-6-18)16-25-13-3-4-14-25/h5-12,17,24H,3-4,13-16H2,1-2H3,(H,23,26). The van der Waals surface area contributed by atoms with Crippen molar-refractivity contribution < 1.29 is 13.2 Å². The number of nitrogens with zero attached hydrogens (tertiary/aromatic N) is 1. The molecule has 1 heterocycles. The summed E-state index contributed by atoms with van der Waals surface area (Å²) < 4.78 is 26.8. The fourth-order valence-corrected chi connectivity index (χ4v) is 4.66. The molecule has 3 rings (SSSR count). The Morgan fingerprint density at radius 2 is 1.55 bits per heavy atom. The first-order chi connectivity index (χ1) is 13.8. The lowest BCUT2D eigenvalue weighted by Gasteiger charge is -2.14. The second kappa shape index (κ2) is 9.52. The lowest BCUT2D eigenvalue weighted by Crippen LogP contribution is -2.30. The highest BCUT2D eigenvalue weighted by molar-refractivity contribution is 7.89. The Hall–Kier alpha value is -2.22. The summed E-state index contributed by atoms with van der Waals surface area (Å²) in [6.45, 7) is 7.28. The molecule has 1 aliphatic heterocycles. The van der Waals surface area contributed by atoms with Crippen LogP contribution in [-0.2, 0) is 23.1 Å². The number of benzene rings is 2. The quantitative estimate of drug-likeness (QED) is 0.695. The molecular formula is C22H29N3O3S. The molecule has 0 aromatic heterocycles. The molecule has 1 saturated heterocycles. The lowest BCUT2D eigenvalue weighted by atomic mass is 10.1. The zero-order valence-electron chi connectivity index (χ0n) is 17.0. The molecule has 0 unspecified atom stereocenters. The largest absolute Gasteiger partial charge is 0.348 e. The van der Waals surface area contributed by atoms with Crippen molar-refractivity contribution in [2.24, 2.45) is 0 Å². The van der Waals surface area contributed by atoms with Gasteiger partial charge < -0.3 is 5.32 Å². The Kier molecular flexibility index (Phi) is 7.05. The first kappa shape index (κ1) is 21.5. The van der Waals surface area contributed by atoms with Crippen molar-refractivity contribution in [3.63, 3.8) is 0 Å². The molecule has 6 nitrogen and oxygen atoms in total. The van der Waals surface area contributed by atoms with E-state index in [2.05, 4.69) is 27.1 Å². The van der Waals surface area contributed by atoms with Gasteiger partial charge in [-0.1, -0.05) is 24.3 Å². The van der Waals surface area contributed by atoms with Crippen LogP contribution in [-0.4, -0.2) is 38.4 Å². The maximum Gasteiger partial charge on any atom is 0.251 e. The van der Waals surface area contributed by atoms with Gasteiger partial charge in [0.15, 0.2) is 0 Å². The molecule has 0 bridgehead atoms. The van der Waals surface area contributed by atoms with Crippen molar-refractivity contribution in [3.8, 4) is 0 Å². The predicted octanol–water partition coefficient (Wildman–Crippen LogP) is 2.90.